The Labute approximate surface area is 179 Å². The summed E-state index contributed by atoms with van der Waals surface area (Å²) in [5.41, 5.74) is 6.79. The normalized spacial score (nSPS) is 21.6. The van der Waals surface area contributed by atoms with Crippen LogP contribution in [-0.4, -0.2) is 43.6 Å². The van der Waals surface area contributed by atoms with Crippen LogP contribution in [0.25, 0.3) is 11.1 Å². The van der Waals surface area contributed by atoms with Gasteiger partial charge in [-0.1, -0.05) is 6.07 Å². The molecule has 0 unspecified atom stereocenters. The third-order valence-electron chi connectivity index (χ3n) is 5.66. The Kier molecular flexibility index (Phi) is 5.61. The number of fused-ring (bicyclic) bond motifs is 2. The minimum Gasteiger partial charge on any atom is -0.491 e. The van der Waals surface area contributed by atoms with Crippen LogP contribution < -0.4 is 10.5 Å². The Morgan fingerprint density at radius 1 is 1.16 bits per heavy atom. The Bertz CT molecular complexity index is 1090. The third-order valence-corrected chi connectivity index (χ3v) is 5.66. The maximum atomic E-state index is 14.1. The van der Waals surface area contributed by atoms with E-state index in [-0.39, 0.29) is 17.4 Å². The molecule has 2 N–H and O–H groups in total. The molecule has 1 amide bonds. The van der Waals surface area contributed by atoms with Gasteiger partial charge in [0.15, 0.2) is 11.5 Å². The number of hydrogen-bond acceptors (Lipinski definition) is 6. The minimum atomic E-state index is -1.22. The number of carbonyl (C=O) groups is 1. The summed E-state index contributed by atoms with van der Waals surface area (Å²) in [5, 5.41) is 9.21. The van der Waals surface area contributed by atoms with Crippen molar-refractivity contribution in [2.45, 2.75) is 24.8 Å². The molecule has 0 saturated heterocycles. The number of rotatable bonds is 1. The summed E-state index contributed by atoms with van der Waals surface area (Å²) in [6.45, 7) is 1.33. The number of nitrogens with zero attached hydrogens (tertiary/aromatic N) is 3. The van der Waals surface area contributed by atoms with E-state index >= 15 is 0 Å². The van der Waals surface area contributed by atoms with Gasteiger partial charge in [-0.15, -0.1) is 0 Å². The molecule has 2 aliphatic heterocycles. The lowest BCUT2D eigenvalue weighted by Gasteiger charge is -2.28. The number of hydrogen-bond donors (Lipinski definition) is 1. The first-order valence-corrected chi connectivity index (χ1v) is 10.1. The molecule has 0 aromatic heterocycles. The van der Waals surface area contributed by atoms with Gasteiger partial charge in [0.05, 0.1) is 18.2 Å². The number of likely N-dealkylation sites (N-methyl/N-ethyl adjacent to an activating group) is 1. The Morgan fingerprint density at radius 2 is 2.00 bits per heavy atom. The summed E-state index contributed by atoms with van der Waals surface area (Å²) in [6.07, 6.45) is 1.92. The predicted molar refractivity (Wildman–Crippen MR) is 113 cm³/mol. The molecule has 4 rings (SSSR count). The van der Waals surface area contributed by atoms with Crippen molar-refractivity contribution in [1.82, 2.24) is 4.90 Å². The average molecular weight is 422 g/mol. The number of halogens is 1. The highest BCUT2D eigenvalue weighted by molar-refractivity contribution is 6.07. The number of nitrogens with two attached hydrogens (primary N) is 1. The summed E-state index contributed by atoms with van der Waals surface area (Å²) in [4.78, 5) is 19.3. The van der Waals surface area contributed by atoms with Crippen LogP contribution in [-0.2, 0) is 15.1 Å². The summed E-state index contributed by atoms with van der Waals surface area (Å²) < 4.78 is 25.6. The maximum absolute atomic E-state index is 14.1. The zero-order valence-electron chi connectivity index (χ0n) is 17.2. The standard InChI is InChI=1S/C23H23FN4O3/c1-28-21(29)23(27-22(28)26)6-2-3-7-30-8-9-31-20-5-4-16(13-19(20)23)17-10-15(14-25)11-18(24)12-17/h4-5,10-13H,2-3,6-9H2,1H3,(H2,26,27)/t23-/m0/s1. The topological polar surface area (TPSA) is 101 Å². The molecular weight excluding hydrogens is 399 g/mol. The van der Waals surface area contributed by atoms with Crippen molar-refractivity contribution >= 4 is 11.9 Å². The fourth-order valence-electron chi connectivity index (χ4n) is 4.05. The van der Waals surface area contributed by atoms with Crippen LogP contribution in [0.1, 0.15) is 30.4 Å². The van der Waals surface area contributed by atoms with Crippen LogP contribution in [0.3, 0.4) is 0 Å². The van der Waals surface area contributed by atoms with Crippen molar-refractivity contribution in [3.63, 3.8) is 0 Å². The molecule has 0 fully saturated rings. The molecule has 8 heteroatoms. The molecule has 7 nitrogen and oxygen atoms in total. The molecule has 0 bridgehead atoms. The second-order valence-corrected chi connectivity index (χ2v) is 7.66. The molecule has 1 atom stereocenters. The lowest BCUT2D eigenvalue weighted by atomic mass is 9.82. The van der Waals surface area contributed by atoms with Gasteiger partial charge in [-0.25, -0.2) is 9.38 Å². The van der Waals surface area contributed by atoms with Crippen molar-refractivity contribution in [3.05, 3.63) is 53.3 Å². The van der Waals surface area contributed by atoms with Crippen molar-refractivity contribution in [2.75, 3.05) is 26.9 Å². The first kappa shape index (κ1) is 20.8. The van der Waals surface area contributed by atoms with Crippen LogP contribution in [0.2, 0.25) is 0 Å². The first-order chi connectivity index (χ1) is 14.9. The van der Waals surface area contributed by atoms with Crippen molar-refractivity contribution in [3.8, 4) is 22.9 Å². The van der Waals surface area contributed by atoms with Gasteiger partial charge in [-0.05, 0) is 60.7 Å². The summed E-state index contributed by atoms with van der Waals surface area (Å²) in [5.74, 6) is -0.0897. The molecular formula is C23H23FN4O3. The molecule has 160 valence electrons. The van der Waals surface area contributed by atoms with E-state index in [1.165, 1.54) is 17.0 Å². The second-order valence-electron chi connectivity index (χ2n) is 7.66. The SMILES string of the molecule is CN1C(=O)[C@@]2(CCCCOCCOc3ccc(-c4cc(F)cc(C#N)c4)cc32)N=C1N. The van der Waals surface area contributed by atoms with Crippen LogP contribution in [0.15, 0.2) is 41.4 Å². The fraction of sp³-hybridized carbons (Fsp3) is 0.348. The monoisotopic (exact) mass is 422 g/mol. The van der Waals surface area contributed by atoms with Gasteiger partial charge in [0.2, 0.25) is 0 Å². The van der Waals surface area contributed by atoms with E-state index in [0.717, 1.165) is 6.42 Å². The molecule has 31 heavy (non-hydrogen) atoms. The number of amides is 1. The van der Waals surface area contributed by atoms with Crippen LogP contribution in [0.4, 0.5) is 4.39 Å². The lowest BCUT2D eigenvalue weighted by Crippen LogP contribution is -2.40. The van der Waals surface area contributed by atoms with E-state index in [2.05, 4.69) is 4.99 Å². The fourth-order valence-corrected chi connectivity index (χ4v) is 4.05. The number of carbonyl (C=O) groups excluding carboxylic acids is 1. The zero-order valence-corrected chi connectivity index (χ0v) is 17.2. The maximum Gasteiger partial charge on any atom is 0.261 e. The van der Waals surface area contributed by atoms with Crippen molar-refractivity contribution < 1.29 is 18.7 Å². The highest BCUT2D eigenvalue weighted by Crippen LogP contribution is 2.43. The Morgan fingerprint density at radius 3 is 2.74 bits per heavy atom. The number of guanidine groups is 1. The molecule has 2 heterocycles. The lowest BCUT2D eigenvalue weighted by molar-refractivity contribution is -0.131. The quantitative estimate of drug-likeness (QED) is 0.762. The third kappa shape index (κ3) is 3.84. The van der Waals surface area contributed by atoms with E-state index in [4.69, 9.17) is 15.2 Å². The highest BCUT2D eigenvalue weighted by Gasteiger charge is 2.49. The predicted octanol–water partition coefficient (Wildman–Crippen LogP) is 2.93. The number of ether oxygens (including phenoxy) is 2. The van der Waals surface area contributed by atoms with Crippen LogP contribution in [0.5, 0.6) is 5.75 Å². The summed E-state index contributed by atoms with van der Waals surface area (Å²) in [7, 11) is 1.60. The van der Waals surface area contributed by atoms with Gasteiger partial charge in [0.1, 0.15) is 18.2 Å². The molecule has 2 aromatic rings. The van der Waals surface area contributed by atoms with Gasteiger partial charge in [0.25, 0.3) is 5.91 Å². The molecule has 1 spiro atoms. The Hall–Kier alpha value is -3.44. The van der Waals surface area contributed by atoms with Gasteiger partial charge in [-0.3, -0.25) is 9.69 Å². The smallest absolute Gasteiger partial charge is 0.261 e. The van der Waals surface area contributed by atoms with E-state index in [1.54, 1.807) is 31.3 Å². The Balaban J connectivity index is 1.90. The molecule has 2 aromatic carbocycles. The van der Waals surface area contributed by atoms with Gasteiger partial charge in [-0.2, -0.15) is 5.26 Å². The van der Waals surface area contributed by atoms with Crippen molar-refractivity contribution in [2.24, 2.45) is 10.7 Å². The van der Waals surface area contributed by atoms with Crippen LogP contribution >= 0.6 is 0 Å². The van der Waals surface area contributed by atoms with Crippen molar-refractivity contribution in [1.29, 1.82) is 5.26 Å². The van der Waals surface area contributed by atoms with E-state index in [0.29, 0.717) is 55.1 Å². The van der Waals surface area contributed by atoms with Crippen LogP contribution in [0, 0.1) is 17.1 Å². The number of benzene rings is 2. The highest BCUT2D eigenvalue weighted by atomic mass is 19.1. The van der Waals surface area contributed by atoms with Gasteiger partial charge < -0.3 is 15.2 Å². The minimum absolute atomic E-state index is 0.144. The van der Waals surface area contributed by atoms with E-state index in [9.17, 15) is 14.4 Å². The molecule has 0 aliphatic carbocycles. The second kappa shape index (κ2) is 8.36. The van der Waals surface area contributed by atoms with E-state index < -0.39 is 11.4 Å². The molecule has 2 aliphatic rings. The zero-order chi connectivity index (χ0) is 22.0. The van der Waals surface area contributed by atoms with Gasteiger partial charge in [0, 0.05) is 19.2 Å². The number of nitriles is 1. The summed E-state index contributed by atoms with van der Waals surface area (Å²) >= 11 is 0. The van der Waals surface area contributed by atoms with E-state index in [1.807, 2.05) is 6.07 Å². The summed E-state index contributed by atoms with van der Waals surface area (Å²) in [6, 6.07) is 11.4. The number of aliphatic imine (C=N–C) groups is 1. The largest absolute Gasteiger partial charge is 0.491 e. The molecule has 0 radical (unpaired) electrons. The average Bonchev–Trinajstić information content (AvgIpc) is 2.97. The molecule has 0 saturated carbocycles. The first-order valence-electron chi connectivity index (χ1n) is 10.1. The van der Waals surface area contributed by atoms with Gasteiger partial charge >= 0.3 is 0 Å².